The van der Waals surface area contributed by atoms with Crippen LogP contribution in [0.5, 0.6) is 0 Å². The molecule has 1 nitrogen and oxygen atoms in total. The molecular formula is C16H19N. The van der Waals surface area contributed by atoms with Crippen molar-refractivity contribution in [1.82, 2.24) is 0 Å². The Labute approximate surface area is 103 Å². The van der Waals surface area contributed by atoms with Crippen LogP contribution in [0.4, 0.5) is 5.69 Å². The van der Waals surface area contributed by atoms with E-state index in [-0.39, 0.29) is 0 Å². The number of rotatable bonds is 2. The number of nitrogen functional groups attached to an aromatic ring is 1. The van der Waals surface area contributed by atoms with E-state index in [1.54, 1.807) is 0 Å². The Hall–Kier alpha value is -1.76. The molecule has 0 fully saturated rings. The van der Waals surface area contributed by atoms with Gasteiger partial charge in [-0.05, 0) is 35.1 Å². The van der Waals surface area contributed by atoms with Crippen LogP contribution in [0, 0.1) is 6.92 Å². The van der Waals surface area contributed by atoms with Crippen molar-refractivity contribution in [3.8, 4) is 11.1 Å². The molecule has 0 aliphatic rings. The van der Waals surface area contributed by atoms with E-state index in [1.165, 1.54) is 22.3 Å². The third-order valence-electron chi connectivity index (χ3n) is 3.26. The molecule has 2 N–H and O–H groups in total. The van der Waals surface area contributed by atoms with Gasteiger partial charge in [-0.25, -0.2) is 0 Å². The lowest BCUT2D eigenvalue weighted by Crippen LogP contribution is -2.00. The maximum atomic E-state index is 6.22. The van der Waals surface area contributed by atoms with Crippen LogP contribution in [0.1, 0.15) is 30.9 Å². The SMILES string of the molecule is Cc1c(-c2ccccc2)ccc(C(C)C)c1N. The van der Waals surface area contributed by atoms with E-state index in [0.29, 0.717) is 5.92 Å². The first-order valence-corrected chi connectivity index (χ1v) is 6.05. The maximum absolute atomic E-state index is 6.22. The molecule has 2 aromatic carbocycles. The lowest BCUT2D eigenvalue weighted by Gasteiger charge is -2.15. The molecule has 0 atom stereocenters. The molecule has 0 saturated carbocycles. The van der Waals surface area contributed by atoms with Crippen LogP contribution >= 0.6 is 0 Å². The van der Waals surface area contributed by atoms with Gasteiger partial charge in [0.15, 0.2) is 0 Å². The van der Waals surface area contributed by atoms with Gasteiger partial charge in [0.05, 0.1) is 0 Å². The first-order valence-electron chi connectivity index (χ1n) is 6.05. The summed E-state index contributed by atoms with van der Waals surface area (Å²) < 4.78 is 0. The van der Waals surface area contributed by atoms with Gasteiger partial charge in [-0.15, -0.1) is 0 Å². The molecule has 17 heavy (non-hydrogen) atoms. The molecule has 0 bridgehead atoms. The van der Waals surface area contributed by atoms with Crippen LogP contribution in [0.3, 0.4) is 0 Å². The molecule has 0 radical (unpaired) electrons. The van der Waals surface area contributed by atoms with E-state index >= 15 is 0 Å². The second-order valence-corrected chi connectivity index (χ2v) is 4.76. The second kappa shape index (κ2) is 4.62. The zero-order valence-corrected chi connectivity index (χ0v) is 10.7. The molecule has 0 spiro atoms. The van der Waals surface area contributed by atoms with Gasteiger partial charge in [0.1, 0.15) is 0 Å². The highest BCUT2D eigenvalue weighted by atomic mass is 14.6. The summed E-state index contributed by atoms with van der Waals surface area (Å²) in [5.41, 5.74) is 12.0. The predicted molar refractivity (Wildman–Crippen MR) is 75.1 cm³/mol. The molecule has 0 heterocycles. The summed E-state index contributed by atoms with van der Waals surface area (Å²) >= 11 is 0. The van der Waals surface area contributed by atoms with E-state index in [0.717, 1.165) is 5.69 Å². The molecule has 1 heteroatoms. The second-order valence-electron chi connectivity index (χ2n) is 4.76. The summed E-state index contributed by atoms with van der Waals surface area (Å²) in [4.78, 5) is 0. The van der Waals surface area contributed by atoms with Gasteiger partial charge in [0.25, 0.3) is 0 Å². The normalized spacial score (nSPS) is 10.8. The topological polar surface area (TPSA) is 26.0 Å². The summed E-state index contributed by atoms with van der Waals surface area (Å²) in [5, 5.41) is 0. The third kappa shape index (κ3) is 2.19. The van der Waals surface area contributed by atoms with E-state index in [9.17, 15) is 0 Å². The van der Waals surface area contributed by atoms with Crippen LogP contribution in [-0.4, -0.2) is 0 Å². The fourth-order valence-electron chi connectivity index (χ4n) is 2.18. The number of anilines is 1. The van der Waals surface area contributed by atoms with Crippen LogP contribution in [0.25, 0.3) is 11.1 Å². The molecule has 88 valence electrons. The lowest BCUT2D eigenvalue weighted by molar-refractivity contribution is 0.869. The Kier molecular flexibility index (Phi) is 3.19. The van der Waals surface area contributed by atoms with Crippen molar-refractivity contribution in [1.29, 1.82) is 0 Å². The largest absolute Gasteiger partial charge is 0.398 e. The van der Waals surface area contributed by atoms with E-state index in [1.807, 2.05) is 6.07 Å². The molecule has 0 unspecified atom stereocenters. The van der Waals surface area contributed by atoms with Gasteiger partial charge >= 0.3 is 0 Å². The Bertz CT molecular complexity index is 513. The van der Waals surface area contributed by atoms with Gasteiger partial charge in [0, 0.05) is 5.69 Å². The average Bonchev–Trinajstić information content (AvgIpc) is 2.33. The van der Waals surface area contributed by atoms with Crippen molar-refractivity contribution in [2.45, 2.75) is 26.7 Å². The number of nitrogens with two attached hydrogens (primary N) is 1. The van der Waals surface area contributed by atoms with Crippen molar-refractivity contribution in [2.75, 3.05) is 5.73 Å². The molecule has 0 aliphatic carbocycles. The minimum Gasteiger partial charge on any atom is -0.398 e. The number of hydrogen-bond donors (Lipinski definition) is 1. The van der Waals surface area contributed by atoms with Crippen LogP contribution in [-0.2, 0) is 0 Å². The summed E-state index contributed by atoms with van der Waals surface area (Å²) in [6, 6.07) is 14.7. The van der Waals surface area contributed by atoms with Crippen molar-refractivity contribution in [3.05, 3.63) is 53.6 Å². The third-order valence-corrected chi connectivity index (χ3v) is 3.26. The average molecular weight is 225 g/mol. The van der Waals surface area contributed by atoms with Crippen molar-refractivity contribution in [3.63, 3.8) is 0 Å². The minimum absolute atomic E-state index is 0.471. The van der Waals surface area contributed by atoms with Crippen molar-refractivity contribution in [2.24, 2.45) is 0 Å². The first kappa shape index (κ1) is 11.7. The first-order chi connectivity index (χ1) is 8.11. The monoisotopic (exact) mass is 225 g/mol. The zero-order valence-electron chi connectivity index (χ0n) is 10.7. The van der Waals surface area contributed by atoms with Crippen molar-refractivity contribution >= 4 is 5.69 Å². The molecule has 2 rings (SSSR count). The molecule has 0 saturated heterocycles. The molecule has 0 aliphatic heterocycles. The van der Waals surface area contributed by atoms with Crippen LogP contribution in [0.15, 0.2) is 42.5 Å². The Morgan fingerprint density at radius 3 is 2.18 bits per heavy atom. The van der Waals surface area contributed by atoms with Crippen LogP contribution in [0.2, 0.25) is 0 Å². The van der Waals surface area contributed by atoms with Crippen LogP contribution < -0.4 is 5.73 Å². The van der Waals surface area contributed by atoms with Gasteiger partial charge in [-0.1, -0.05) is 56.3 Å². The Balaban J connectivity index is 2.56. The summed E-state index contributed by atoms with van der Waals surface area (Å²) in [6.07, 6.45) is 0. The Morgan fingerprint density at radius 2 is 1.59 bits per heavy atom. The van der Waals surface area contributed by atoms with E-state index in [2.05, 4.69) is 57.2 Å². The Morgan fingerprint density at radius 1 is 0.941 bits per heavy atom. The van der Waals surface area contributed by atoms with E-state index in [4.69, 9.17) is 5.73 Å². The predicted octanol–water partition coefficient (Wildman–Crippen LogP) is 4.37. The zero-order chi connectivity index (χ0) is 12.4. The minimum atomic E-state index is 0.471. The molecular weight excluding hydrogens is 206 g/mol. The smallest absolute Gasteiger partial charge is 0.0385 e. The highest BCUT2D eigenvalue weighted by Gasteiger charge is 2.10. The fraction of sp³-hybridized carbons (Fsp3) is 0.250. The highest BCUT2D eigenvalue weighted by Crippen LogP contribution is 2.32. The summed E-state index contributed by atoms with van der Waals surface area (Å²) in [5.74, 6) is 0.471. The fourth-order valence-corrected chi connectivity index (χ4v) is 2.18. The maximum Gasteiger partial charge on any atom is 0.0385 e. The van der Waals surface area contributed by atoms with Gasteiger partial charge in [-0.3, -0.25) is 0 Å². The number of hydrogen-bond acceptors (Lipinski definition) is 1. The van der Waals surface area contributed by atoms with Gasteiger partial charge in [-0.2, -0.15) is 0 Å². The van der Waals surface area contributed by atoms with Crippen molar-refractivity contribution < 1.29 is 0 Å². The van der Waals surface area contributed by atoms with Gasteiger partial charge in [0.2, 0.25) is 0 Å². The number of benzene rings is 2. The van der Waals surface area contributed by atoms with Gasteiger partial charge < -0.3 is 5.73 Å². The standard InChI is InChI=1S/C16H19N/c1-11(2)14-9-10-15(12(3)16(14)17)13-7-5-4-6-8-13/h4-11H,17H2,1-3H3. The lowest BCUT2D eigenvalue weighted by atomic mass is 9.92. The molecule has 0 amide bonds. The quantitative estimate of drug-likeness (QED) is 0.755. The summed E-state index contributed by atoms with van der Waals surface area (Å²) in [6.45, 7) is 6.45. The molecule has 2 aromatic rings. The summed E-state index contributed by atoms with van der Waals surface area (Å²) in [7, 11) is 0. The van der Waals surface area contributed by atoms with E-state index < -0.39 is 0 Å². The molecule has 0 aromatic heterocycles. The highest BCUT2D eigenvalue weighted by molar-refractivity contribution is 5.74.